The highest BCUT2D eigenvalue weighted by atomic mass is 16.5. The van der Waals surface area contributed by atoms with Gasteiger partial charge in [-0.1, -0.05) is 51.9 Å². The molecule has 0 aliphatic carbocycles. The first-order valence-corrected chi connectivity index (χ1v) is 13.0. The van der Waals surface area contributed by atoms with E-state index in [9.17, 15) is 4.79 Å². The molecule has 2 aromatic heterocycles. The number of unbranched alkanes of at least 4 members (excludes halogenated alkanes) is 7. The highest BCUT2D eigenvalue weighted by Crippen LogP contribution is 2.26. The van der Waals surface area contributed by atoms with Crippen molar-refractivity contribution in [2.24, 2.45) is 5.10 Å². The number of methoxy groups -OCH3 is 1. The van der Waals surface area contributed by atoms with Crippen molar-refractivity contribution in [1.29, 1.82) is 0 Å². The molecule has 0 saturated heterocycles. The van der Waals surface area contributed by atoms with E-state index in [2.05, 4.69) is 22.0 Å². The molecular formula is C29H36N4O3. The number of nitrogens with zero attached hydrogens (tertiary/aromatic N) is 3. The van der Waals surface area contributed by atoms with Crippen molar-refractivity contribution in [3.8, 4) is 11.5 Å². The van der Waals surface area contributed by atoms with Crippen LogP contribution in [0.15, 0.2) is 52.4 Å². The van der Waals surface area contributed by atoms with Crippen LogP contribution < -0.4 is 15.0 Å². The topological polar surface area (TPSA) is 81.5 Å². The largest absolute Gasteiger partial charge is 0.497 e. The van der Waals surface area contributed by atoms with Gasteiger partial charge in [0, 0.05) is 10.9 Å². The third-order valence-corrected chi connectivity index (χ3v) is 6.43. The summed E-state index contributed by atoms with van der Waals surface area (Å²) in [5, 5.41) is 5.26. The number of hydrogen-bond acceptors (Lipinski definition) is 5. The van der Waals surface area contributed by atoms with E-state index in [1.54, 1.807) is 20.2 Å². The monoisotopic (exact) mass is 488 g/mol. The van der Waals surface area contributed by atoms with E-state index in [-0.39, 0.29) is 5.56 Å². The molecule has 0 unspecified atom stereocenters. The molecule has 2 aromatic carbocycles. The van der Waals surface area contributed by atoms with Gasteiger partial charge in [-0.15, -0.1) is 0 Å². The Morgan fingerprint density at radius 3 is 2.39 bits per heavy atom. The molecule has 0 radical (unpaired) electrons. The number of hydrogen-bond donors (Lipinski definition) is 1. The van der Waals surface area contributed by atoms with Gasteiger partial charge in [0.15, 0.2) is 0 Å². The van der Waals surface area contributed by atoms with E-state index in [1.165, 1.54) is 49.6 Å². The van der Waals surface area contributed by atoms with Crippen LogP contribution in [-0.4, -0.2) is 34.6 Å². The Morgan fingerprint density at radius 1 is 0.972 bits per heavy atom. The number of aromatic amines is 1. The molecule has 2 heterocycles. The Morgan fingerprint density at radius 2 is 1.67 bits per heavy atom. The van der Waals surface area contributed by atoms with Crippen molar-refractivity contribution >= 4 is 28.2 Å². The maximum Gasteiger partial charge on any atom is 0.298 e. The lowest BCUT2D eigenvalue weighted by molar-refractivity contribution is 0.304. The van der Waals surface area contributed by atoms with E-state index < -0.39 is 0 Å². The number of fused-ring (bicyclic) bond motifs is 3. The van der Waals surface area contributed by atoms with Gasteiger partial charge < -0.3 is 14.5 Å². The number of aromatic nitrogens is 3. The predicted molar refractivity (Wildman–Crippen MR) is 147 cm³/mol. The summed E-state index contributed by atoms with van der Waals surface area (Å²) in [5.74, 6) is 2.08. The summed E-state index contributed by atoms with van der Waals surface area (Å²) in [6.07, 6.45) is 11.9. The molecule has 0 atom stereocenters. The quantitative estimate of drug-likeness (QED) is 0.170. The zero-order chi connectivity index (χ0) is 25.3. The summed E-state index contributed by atoms with van der Waals surface area (Å²) in [5.41, 5.74) is 2.51. The summed E-state index contributed by atoms with van der Waals surface area (Å²) in [4.78, 5) is 20.9. The van der Waals surface area contributed by atoms with E-state index >= 15 is 0 Å². The first-order chi connectivity index (χ1) is 17.6. The first-order valence-electron chi connectivity index (χ1n) is 13.0. The average Bonchev–Trinajstić information content (AvgIpc) is 3.26. The van der Waals surface area contributed by atoms with Crippen LogP contribution >= 0.6 is 0 Å². The van der Waals surface area contributed by atoms with Gasteiger partial charge in [0.2, 0.25) is 0 Å². The van der Waals surface area contributed by atoms with Gasteiger partial charge in [-0.2, -0.15) is 9.78 Å². The average molecular weight is 489 g/mol. The van der Waals surface area contributed by atoms with Gasteiger partial charge in [0.1, 0.15) is 28.4 Å². The van der Waals surface area contributed by atoms with E-state index in [0.29, 0.717) is 16.9 Å². The second-order valence-corrected chi connectivity index (χ2v) is 9.17. The Hall–Kier alpha value is -3.61. The Balaban J connectivity index is 1.36. The molecule has 4 rings (SSSR count). The molecule has 190 valence electrons. The van der Waals surface area contributed by atoms with Gasteiger partial charge in [-0.3, -0.25) is 4.79 Å². The summed E-state index contributed by atoms with van der Waals surface area (Å²) >= 11 is 0. The molecule has 0 fully saturated rings. The Labute approximate surface area is 212 Å². The maximum atomic E-state index is 13.1. The highest BCUT2D eigenvalue weighted by Gasteiger charge is 2.14. The lowest BCUT2D eigenvalue weighted by Crippen LogP contribution is -2.20. The van der Waals surface area contributed by atoms with Gasteiger partial charge in [-0.25, -0.2) is 4.98 Å². The van der Waals surface area contributed by atoms with Crippen LogP contribution in [0.25, 0.3) is 21.9 Å². The summed E-state index contributed by atoms with van der Waals surface area (Å²) < 4.78 is 12.5. The summed E-state index contributed by atoms with van der Waals surface area (Å²) in [6, 6.07) is 13.4. The SMILES string of the molecule is CCCCCCCCCCOc1ccc(/C=N/n2c(C)nc3c([nH]c4ccc(OC)cc43)c2=O)cc1. The van der Waals surface area contributed by atoms with Crippen molar-refractivity contribution in [3.05, 3.63) is 64.2 Å². The Bertz CT molecular complexity index is 1370. The van der Waals surface area contributed by atoms with Gasteiger partial charge >= 0.3 is 0 Å². The van der Waals surface area contributed by atoms with Crippen LogP contribution in [0.1, 0.15) is 69.7 Å². The number of ether oxygens (including phenoxy) is 2. The molecular weight excluding hydrogens is 452 g/mol. The van der Waals surface area contributed by atoms with Crippen molar-refractivity contribution in [2.45, 2.75) is 65.2 Å². The second kappa shape index (κ2) is 12.4. The number of rotatable bonds is 13. The predicted octanol–water partition coefficient (Wildman–Crippen LogP) is 6.60. The van der Waals surface area contributed by atoms with E-state index in [0.717, 1.165) is 41.0 Å². The maximum absolute atomic E-state index is 13.1. The molecule has 0 aliphatic rings. The van der Waals surface area contributed by atoms with E-state index in [4.69, 9.17) is 9.47 Å². The zero-order valence-electron chi connectivity index (χ0n) is 21.5. The lowest BCUT2D eigenvalue weighted by atomic mass is 10.1. The molecule has 36 heavy (non-hydrogen) atoms. The third-order valence-electron chi connectivity index (χ3n) is 6.43. The number of H-pyrrole nitrogens is 1. The fourth-order valence-electron chi connectivity index (χ4n) is 4.35. The van der Waals surface area contributed by atoms with Crippen molar-refractivity contribution in [3.63, 3.8) is 0 Å². The van der Waals surface area contributed by atoms with Crippen LogP contribution in [0.3, 0.4) is 0 Å². The highest BCUT2D eigenvalue weighted by molar-refractivity contribution is 6.05. The molecule has 0 bridgehead atoms. The van der Waals surface area contributed by atoms with Crippen molar-refractivity contribution < 1.29 is 9.47 Å². The Kier molecular flexibility index (Phi) is 8.76. The summed E-state index contributed by atoms with van der Waals surface area (Å²) in [6.45, 7) is 4.76. The minimum Gasteiger partial charge on any atom is -0.497 e. The molecule has 0 aliphatic heterocycles. The zero-order valence-corrected chi connectivity index (χ0v) is 21.5. The molecule has 7 heteroatoms. The second-order valence-electron chi connectivity index (χ2n) is 9.17. The molecule has 0 saturated carbocycles. The minimum absolute atomic E-state index is 0.241. The molecule has 0 spiro atoms. The number of nitrogens with one attached hydrogen (secondary N) is 1. The van der Waals surface area contributed by atoms with Gasteiger partial charge in [0.05, 0.1) is 19.9 Å². The third kappa shape index (κ3) is 6.14. The minimum atomic E-state index is -0.241. The first kappa shape index (κ1) is 25.5. The number of benzene rings is 2. The van der Waals surface area contributed by atoms with E-state index in [1.807, 2.05) is 42.5 Å². The molecule has 0 amide bonds. The fourth-order valence-corrected chi connectivity index (χ4v) is 4.35. The molecule has 4 aromatic rings. The molecule has 1 N–H and O–H groups in total. The van der Waals surface area contributed by atoms with Crippen LogP contribution in [0.4, 0.5) is 0 Å². The van der Waals surface area contributed by atoms with Crippen LogP contribution in [0.5, 0.6) is 11.5 Å². The normalized spacial score (nSPS) is 11.6. The summed E-state index contributed by atoms with van der Waals surface area (Å²) in [7, 11) is 1.62. The number of aryl methyl sites for hydroxylation is 1. The fraction of sp³-hybridized carbons (Fsp3) is 0.414. The van der Waals surface area contributed by atoms with Crippen molar-refractivity contribution in [2.75, 3.05) is 13.7 Å². The van der Waals surface area contributed by atoms with Gasteiger partial charge in [0.25, 0.3) is 5.56 Å². The van der Waals surface area contributed by atoms with Crippen LogP contribution in [0.2, 0.25) is 0 Å². The smallest absolute Gasteiger partial charge is 0.298 e. The van der Waals surface area contributed by atoms with Crippen molar-refractivity contribution in [1.82, 2.24) is 14.6 Å². The standard InChI is InChI=1S/C29H36N4O3/c1-4-5-6-7-8-9-10-11-18-36-23-14-12-22(13-15-23)20-30-33-21(2)31-27-25-19-24(35-3)16-17-26(25)32-28(27)29(33)34/h12-17,19-20,32H,4-11,18H2,1-3H3/b30-20+. The van der Waals surface area contributed by atoms with Gasteiger partial charge in [-0.05, 0) is 61.4 Å². The molecule has 7 nitrogen and oxygen atoms in total. The van der Waals surface area contributed by atoms with Crippen LogP contribution in [0, 0.1) is 6.92 Å². The van der Waals surface area contributed by atoms with Crippen LogP contribution in [-0.2, 0) is 0 Å². The lowest BCUT2D eigenvalue weighted by Gasteiger charge is -2.07.